The van der Waals surface area contributed by atoms with Crippen molar-refractivity contribution in [1.82, 2.24) is 20.7 Å². The largest absolute Gasteiger partial charge is 0.454 e. The number of thiazole rings is 1. The summed E-state index contributed by atoms with van der Waals surface area (Å²) < 4.78 is 4.75. The van der Waals surface area contributed by atoms with Crippen molar-refractivity contribution in [3.8, 4) is 0 Å². The van der Waals surface area contributed by atoms with Crippen LogP contribution in [0.15, 0.2) is 17.5 Å². The molecule has 2 aromatic rings. The molecule has 0 saturated carbocycles. The number of rotatable bonds is 6. The minimum absolute atomic E-state index is 0.0167. The van der Waals surface area contributed by atoms with Gasteiger partial charge >= 0.3 is 5.97 Å². The number of aromatic nitrogens is 1. The van der Waals surface area contributed by atoms with Crippen LogP contribution < -0.4 is 10.9 Å². The van der Waals surface area contributed by atoms with Crippen molar-refractivity contribution in [2.24, 2.45) is 0 Å². The van der Waals surface area contributed by atoms with Gasteiger partial charge in [-0.25, -0.2) is 4.98 Å². The van der Waals surface area contributed by atoms with Crippen LogP contribution in [0.25, 0.3) is 0 Å². The van der Waals surface area contributed by atoms with E-state index in [4.69, 9.17) is 27.9 Å². The molecule has 3 rings (SSSR count). The lowest BCUT2D eigenvalue weighted by atomic mass is 10.1. The van der Waals surface area contributed by atoms with Gasteiger partial charge in [-0.3, -0.25) is 39.7 Å². The first-order chi connectivity index (χ1) is 14.7. The zero-order valence-electron chi connectivity index (χ0n) is 15.9. The van der Waals surface area contributed by atoms with Crippen LogP contribution in [-0.4, -0.2) is 52.6 Å². The summed E-state index contributed by atoms with van der Waals surface area (Å²) in [5, 5.41) is 2.56. The van der Waals surface area contributed by atoms with Gasteiger partial charge in [0.2, 0.25) is 5.91 Å². The molecular formula is C18H14Cl2N4O6S. The summed E-state index contributed by atoms with van der Waals surface area (Å²) >= 11 is 13.0. The lowest BCUT2D eigenvalue weighted by Gasteiger charge is -2.13. The summed E-state index contributed by atoms with van der Waals surface area (Å²) in [6, 6.07) is 2.49. The van der Waals surface area contributed by atoms with Crippen molar-refractivity contribution in [3.05, 3.63) is 49.4 Å². The monoisotopic (exact) mass is 484 g/mol. The van der Waals surface area contributed by atoms with Gasteiger partial charge in [0.05, 0.1) is 27.6 Å². The molecule has 1 aliphatic heterocycles. The minimum Gasteiger partial charge on any atom is -0.454 e. The molecule has 2 N–H and O–H groups in total. The van der Waals surface area contributed by atoms with E-state index in [1.807, 2.05) is 0 Å². The van der Waals surface area contributed by atoms with Gasteiger partial charge in [-0.15, -0.1) is 11.3 Å². The molecule has 0 unspecified atom stereocenters. The summed E-state index contributed by atoms with van der Waals surface area (Å²) in [5.41, 5.74) is 5.07. The van der Waals surface area contributed by atoms with E-state index in [9.17, 15) is 24.0 Å². The summed E-state index contributed by atoms with van der Waals surface area (Å²) in [5.74, 6) is -3.77. The van der Waals surface area contributed by atoms with Gasteiger partial charge in [0, 0.05) is 11.1 Å². The van der Waals surface area contributed by atoms with E-state index in [1.165, 1.54) is 23.5 Å². The van der Waals surface area contributed by atoms with Gasteiger partial charge < -0.3 is 4.74 Å². The van der Waals surface area contributed by atoms with Crippen molar-refractivity contribution in [2.45, 2.75) is 13.3 Å². The van der Waals surface area contributed by atoms with Crippen molar-refractivity contribution >= 4 is 64.1 Å². The van der Waals surface area contributed by atoms with Crippen LogP contribution in [0.3, 0.4) is 0 Å². The molecule has 0 fully saturated rings. The fraction of sp³-hybridized carbons (Fsp3) is 0.222. The molecule has 13 heteroatoms. The fourth-order valence-electron chi connectivity index (χ4n) is 2.59. The lowest BCUT2D eigenvalue weighted by Crippen LogP contribution is -2.44. The topological polar surface area (TPSA) is 135 Å². The molecule has 0 spiro atoms. The maximum absolute atomic E-state index is 12.3. The molecule has 1 aromatic heterocycles. The Kier molecular flexibility index (Phi) is 6.88. The second kappa shape index (κ2) is 9.41. The Labute approximate surface area is 189 Å². The van der Waals surface area contributed by atoms with Crippen LogP contribution >= 0.6 is 34.5 Å². The van der Waals surface area contributed by atoms with E-state index < -0.39 is 42.7 Å². The van der Waals surface area contributed by atoms with Gasteiger partial charge in [-0.05, 0) is 19.1 Å². The number of halogens is 2. The molecule has 31 heavy (non-hydrogen) atoms. The third-order valence-corrected chi connectivity index (χ3v) is 5.67. The van der Waals surface area contributed by atoms with E-state index in [2.05, 4.69) is 15.8 Å². The number of nitrogens with one attached hydrogen (secondary N) is 2. The maximum atomic E-state index is 12.3. The number of esters is 1. The van der Waals surface area contributed by atoms with Gasteiger partial charge in [-0.1, -0.05) is 23.2 Å². The number of hydrazine groups is 1. The van der Waals surface area contributed by atoms with Gasteiger partial charge in [0.25, 0.3) is 17.7 Å². The van der Waals surface area contributed by atoms with Crippen LogP contribution in [0.4, 0.5) is 0 Å². The number of hydrogen-bond donors (Lipinski definition) is 2. The Morgan fingerprint density at radius 1 is 1.06 bits per heavy atom. The first kappa shape index (κ1) is 22.7. The molecule has 1 aromatic carbocycles. The summed E-state index contributed by atoms with van der Waals surface area (Å²) in [6.07, 6.45) is -0.0215. The molecule has 1 aliphatic rings. The molecule has 0 atom stereocenters. The van der Waals surface area contributed by atoms with Gasteiger partial charge in [0.1, 0.15) is 11.6 Å². The van der Waals surface area contributed by atoms with E-state index in [0.29, 0.717) is 9.91 Å². The number of benzene rings is 1. The van der Waals surface area contributed by atoms with Crippen LogP contribution in [0.1, 0.15) is 31.4 Å². The number of imide groups is 1. The third-order valence-electron chi connectivity index (χ3n) is 3.98. The van der Waals surface area contributed by atoms with Crippen molar-refractivity contribution in [1.29, 1.82) is 0 Å². The van der Waals surface area contributed by atoms with Crippen LogP contribution in [-0.2, 0) is 25.5 Å². The lowest BCUT2D eigenvalue weighted by molar-refractivity contribution is -0.149. The Hall–Kier alpha value is -3.02. The number of ether oxygens (including phenoxy) is 1. The fourth-order valence-corrected chi connectivity index (χ4v) is 3.69. The number of carbonyl (C=O) groups excluding carboxylic acids is 5. The average Bonchev–Trinajstić information content (AvgIpc) is 3.22. The summed E-state index contributed by atoms with van der Waals surface area (Å²) in [7, 11) is 0. The Balaban J connectivity index is 1.44. The zero-order chi connectivity index (χ0) is 22.7. The molecule has 0 bridgehead atoms. The van der Waals surface area contributed by atoms with Crippen LogP contribution in [0, 0.1) is 6.92 Å². The molecule has 2 heterocycles. The van der Waals surface area contributed by atoms with Crippen LogP contribution in [0.5, 0.6) is 0 Å². The normalized spacial score (nSPS) is 12.5. The highest BCUT2D eigenvalue weighted by atomic mass is 35.5. The predicted molar refractivity (Wildman–Crippen MR) is 110 cm³/mol. The Morgan fingerprint density at radius 2 is 1.65 bits per heavy atom. The molecule has 4 amide bonds. The van der Waals surface area contributed by atoms with Crippen molar-refractivity contribution in [3.63, 3.8) is 0 Å². The standard InChI is InChI=1S/C18H14Cl2N4O6S/c1-8-7-31-15(21-8)4-13(25)22-23-14(26)6-30-16(27)5-24-17(28)9-2-11(19)12(20)3-10(9)18(24)29/h2-3,7H,4-6H2,1H3,(H,22,25)(H,23,26). The highest BCUT2D eigenvalue weighted by Crippen LogP contribution is 2.31. The van der Waals surface area contributed by atoms with E-state index in [-0.39, 0.29) is 27.6 Å². The number of fused-ring (bicyclic) bond motifs is 1. The second-order valence-corrected chi connectivity index (χ2v) is 8.08. The maximum Gasteiger partial charge on any atom is 0.326 e. The summed E-state index contributed by atoms with van der Waals surface area (Å²) in [6.45, 7) is 0.362. The number of hydrogen-bond acceptors (Lipinski definition) is 8. The minimum atomic E-state index is -0.994. The summed E-state index contributed by atoms with van der Waals surface area (Å²) in [4.78, 5) is 64.9. The second-order valence-electron chi connectivity index (χ2n) is 6.32. The molecular weight excluding hydrogens is 471 g/mol. The number of carbonyl (C=O) groups is 5. The van der Waals surface area contributed by atoms with Crippen molar-refractivity contribution < 1.29 is 28.7 Å². The van der Waals surface area contributed by atoms with Gasteiger partial charge in [-0.2, -0.15) is 0 Å². The molecule has 0 aliphatic carbocycles. The van der Waals surface area contributed by atoms with Crippen molar-refractivity contribution in [2.75, 3.05) is 13.2 Å². The highest BCUT2D eigenvalue weighted by Gasteiger charge is 2.37. The Bertz CT molecular complexity index is 1060. The quantitative estimate of drug-likeness (QED) is 0.358. The van der Waals surface area contributed by atoms with E-state index in [1.54, 1.807) is 12.3 Å². The molecule has 0 radical (unpaired) electrons. The van der Waals surface area contributed by atoms with E-state index >= 15 is 0 Å². The highest BCUT2D eigenvalue weighted by molar-refractivity contribution is 7.09. The number of amides is 4. The van der Waals surface area contributed by atoms with Gasteiger partial charge in [0.15, 0.2) is 6.61 Å². The van der Waals surface area contributed by atoms with E-state index in [0.717, 1.165) is 5.69 Å². The first-order valence-electron chi connectivity index (χ1n) is 8.65. The first-order valence-corrected chi connectivity index (χ1v) is 10.3. The Morgan fingerprint density at radius 3 is 2.19 bits per heavy atom. The number of aryl methyl sites for hydroxylation is 1. The molecule has 0 saturated heterocycles. The average molecular weight is 485 g/mol. The van der Waals surface area contributed by atoms with Crippen LogP contribution in [0.2, 0.25) is 10.0 Å². The smallest absolute Gasteiger partial charge is 0.326 e. The zero-order valence-corrected chi connectivity index (χ0v) is 18.2. The predicted octanol–water partition coefficient (Wildman–Crippen LogP) is 1.29. The third kappa shape index (κ3) is 5.37. The SMILES string of the molecule is Cc1csc(CC(=O)NNC(=O)COC(=O)CN2C(=O)c3cc(Cl)c(Cl)cc3C2=O)n1. The number of nitrogens with zero attached hydrogens (tertiary/aromatic N) is 2. The molecule has 162 valence electrons. The molecule has 10 nitrogen and oxygen atoms in total.